The van der Waals surface area contributed by atoms with Gasteiger partial charge in [-0.2, -0.15) is 0 Å². The zero-order valence-electron chi connectivity index (χ0n) is 7.37. The molecule has 0 unspecified atom stereocenters. The Labute approximate surface area is 72.6 Å². The van der Waals surface area contributed by atoms with Gasteiger partial charge >= 0.3 is 0 Å². The van der Waals surface area contributed by atoms with E-state index in [-0.39, 0.29) is 5.54 Å². The highest BCUT2D eigenvalue weighted by atomic mass is 16.5. The van der Waals surface area contributed by atoms with E-state index in [0.717, 1.165) is 11.5 Å². The maximum absolute atomic E-state index is 5.46. The number of rotatable bonds is 0. The Balaban J connectivity index is 2.23. The highest BCUT2D eigenvalue weighted by molar-refractivity contribution is 5.46. The number of hydrogen-bond donors (Lipinski definition) is 0. The molecule has 1 heterocycles. The van der Waals surface area contributed by atoms with Crippen LogP contribution in [-0.2, 0) is 4.74 Å². The molecule has 0 saturated carbocycles. The number of allylic oxidation sites excluding steroid dienone is 5. The molecule has 12 heavy (non-hydrogen) atoms. The summed E-state index contributed by atoms with van der Waals surface area (Å²) in [5.41, 5.74) is 1.03. The second kappa shape index (κ2) is 2.41. The van der Waals surface area contributed by atoms with E-state index < -0.39 is 0 Å². The quantitative estimate of drug-likeness (QED) is 0.536. The molecule has 0 aromatic rings. The van der Waals surface area contributed by atoms with Gasteiger partial charge in [0.05, 0.1) is 6.61 Å². The lowest BCUT2D eigenvalue weighted by molar-refractivity contribution is 0.235. The zero-order chi connectivity index (χ0) is 8.60. The maximum atomic E-state index is 5.46. The van der Waals surface area contributed by atoms with Gasteiger partial charge < -0.3 is 10.1 Å². The van der Waals surface area contributed by atoms with Gasteiger partial charge in [-0.05, 0) is 5.57 Å². The number of nitrogens with zero attached hydrogens (tertiary/aromatic N) is 1. The standard InChI is InChI=1S/C10H12NO/c1-10(2)7-12-9(11-10)8-5-3-4-6-8/h3-6H,7H2,1-2H3/q-1. The Morgan fingerprint density at radius 1 is 1.33 bits per heavy atom. The molecule has 0 bridgehead atoms. The van der Waals surface area contributed by atoms with Gasteiger partial charge in [-0.15, -0.1) is 0 Å². The first-order chi connectivity index (χ1) is 5.67. The first-order valence-corrected chi connectivity index (χ1v) is 4.12. The van der Waals surface area contributed by atoms with Crippen molar-refractivity contribution in [2.24, 2.45) is 0 Å². The average molecular weight is 162 g/mol. The van der Waals surface area contributed by atoms with Crippen LogP contribution in [0.25, 0.3) is 5.32 Å². The van der Waals surface area contributed by atoms with E-state index in [0.29, 0.717) is 6.61 Å². The highest BCUT2D eigenvalue weighted by Gasteiger charge is 2.16. The Bertz CT molecular complexity index is 270. The van der Waals surface area contributed by atoms with Gasteiger partial charge in [0.1, 0.15) is 0 Å². The lowest BCUT2D eigenvalue weighted by atomic mass is 10.1. The third-order valence-electron chi connectivity index (χ3n) is 1.88. The van der Waals surface area contributed by atoms with Crippen molar-refractivity contribution >= 4 is 0 Å². The fourth-order valence-corrected chi connectivity index (χ4v) is 1.25. The second-order valence-electron chi connectivity index (χ2n) is 3.69. The average Bonchev–Trinajstić information content (AvgIpc) is 2.55. The summed E-state index contributed by atoms with van der Waals surface area (Å²) in [6.45, 7) is 4.83. The summed E-state index contributed by atoms with van der Waals surface area (Å²) in [5.74, 6) is 0.782. The van der Waals surface area contributed by atoms with Gasteiger partial charge in [0.2, 0.25) is 0 Å². The largest absolute Gasteiger partial charge is 0.646 e. The molecule has 0 N–H and O–H groups in total. The Morgan fingerprint density at radius 3 is 2.50 bits per heavy atom. The van der Waals surface area contributed by atoms with Crippen LogP contribution in [0.1, 0.15) is 13.8 Å². The van der Waals surface area contributed by atoms with E-state index in [2.05, 4.69) is 19.2 Å². The van der Waals surface area contributed by atoms with Crippen LogP contribution < -0.4 is 0 Å². The normalized spacial score (nSPS) is 24.5. The third-order valence-corrected chi connectivity index (χ3v) is 1.88. The summed E-state index contributed by atoms with van der Waals surface area (Å²) in [6, 6.07) is 0. The van der Waals surface area contributed by atoms with E-state index in [9.17, 15) is 0 Å². The minimum atomic E-state index is -0.0490. The summed E-state index contributed by atoms with van der Waals surface area (Å²) in [7, 11) is 0. The molecule has 1 aliphatic heterocycles. The molecule has 0 amide bonds. The van der Waals surface area contributed by atoms with Crippen LogP contribution in [0.2, 0.25) is 0 Å². The Morgan fingerprint density at radius 2 is 2.00 bits per heavy atom. The molecule has 0 atom stereocenters. The van der Waals surface area contributed by atoms with E-state index >= 15 is 0 Å². The minimum absolute atomic E-state index is 0.0490. The van der Waals surface area contributed by atoms with Crippen molar-refractivity contribution in [2.75, 3.05) is 6.61 Å². The SMILES string of the molecule is CC1(C)COC(=C2C=CC=C2)[N-]1. The van der Waals surface area contributed by atoms with E-state index in [1.807, 2.05) is 24.3 Å². The molecular formula is C10H12NO-. The zero-order valence-corrected chi connectivity index (χ0v) is 7.37. The molecule has 0 aromatic heterocycles. The molecule has 2 nitrogen and oxygen atoms in total. The van der Waals surface area contributed by atoms with Crippen molar-refractivity contribution in [1.82, 2.24) is 0 Å². The molecule has 0 spiro atoms. The van der Waals surface area contributed by atoms with Gasteiger partial charge in [0, 0.05) is 5.88 Å². The van der Waals surface area contributed by atoms with Gasteiger partial charge in [0.15, 0.2) is 0 Å². The highest BCUT2D eigenvalue weighted by Crippen LogP contribution is 2.34. The fourth-order valence-electron chi connectivity index (χ4n) is 1.25. The Kier molecular flexibility index (Phi) is 1.50. The summed E-state index contributed by atoms with van der Waals surface area (Å²) >= 11 is 0. The van der Waals surface area contributed by atoms with Crippen LogP contribution in [0.4, 0.5) is 0 Å². The lowest BCUT2D eigenvalue weighted by Gasteiger charge is -2.29. The van der Waals surface area contributed by atoms with Crippen LogP contribution in [0.5, 0.6) is 0 Å². The monoisotopic (exact) mass is 162 g/mol. The summed E-state index contributed by atoms with van der Waals surface area (Å²) in [5, 5.41) is 4.46. The van der Waals surface area contributed by atoms with Crippen molar-refractivity contribution in [3.05, 3.63) is 41.1 Å². The molecule has 0 aromatic carbocycles. The predicted molar refractivity (Wildman–Crippen MR) is 48.7 cm³/mol. The minimum Gasteiger partial charge on any atom is -0.646 e. The van der Waals surface area contributed by atoms with Gasteiger partial charge in [-0.25, -0.2) is 0 Å². The fraction of sp³-hybridized carbons (Fsp3) is 0.400. The van der Waals surface area contributed by atoms with Crippen molar-refractivity contribution < 1.29 is 4.74 Å². The van der Waals surface area contributed by atoms with Crippen LogP contribution >= 0.6 is 0 Å². The smallest absolute Gasteiger partial charge is 0.0747 e. The van der Waals surface area contributed by atoms with Crippen LogP contribution in [0.15, 0.2) is 35.8 Å². The summed E-state index contributed by atoms with van der Waals surface area (Å²) < 4.78 is 5.46. The molecule has 2 heteroatoms. The number of hydrogen-bond acceptors (Lipinski definition) is 1. The molecule has 1 saturated heterocycles. The van der Waals surface area contributed by atoms with E-state index in [1.165, 1.54) is 0 Å². The molecule has 0 radical (unpaired) electrons. The van der Waals surface area contributed by atoms with Gasteiger partial charge in [-0.1, -0.05) is 43.7 Å². The van der Waals surface area contributed by atoms with Crippen LogP contribution in [0, 0.1) is 0 Å². The van der Waals surface area contributed by atoms with Crippen molar-refractivity contribution in [3.63, 3.8) is 0 Å². The molecule has 2 rings (SSSR count). The lowest BCUT2D eigenvalue weighted by Crippen LogP contribution is -2.16. The summed E-state index contributed by atoms with van der Waals surface area (Å²) in [6.07, 6.45) is 8.01. The van der Waals surface area contributed by atoms with Crippen molar-refractivity contribution in [1.29, 1.82) is 0 Å². The van der Waals surface area contributed by atoms with E-state index in [4.69, 9.17) is 4.74 Å². The van der Waals surface area contributed by atoms with Crippen LogP contribution in [-0.4, -0.2) is 12.1 Å². The Hall–Kier alpha value is -1.18. The van der Waals surface area contributed by atoms with Crippen molar-refractivity contribution in [3.8, 4) is 0 Å². The van der Waals surface area contributed by atoms with Crippen LogP contribution in [0.3, 0.4) is 0 Å². The van der Waals surface area contributed by atoms with Crippen molar-refractivity contribution in [2.45, 2.75) is 19.4 Å². The predicted octanol–water partition coefficient (Wildman–Crippen LogP) is 2.51. The first kappa shape index (κ1) is 7.47. The summed E-state index contributed by atoms with van der Waals surface area (Å²) in [4.78, 5) is 0. The van der Waals surface area contributed by atoms with Gasteiger partial charge in [-0.3, -0.25) is 0 Å². The molecular weight excluding hydrogens is 150 g/mol. The third kappa shape index (κ3) is 1.24. The maximum Gasteiger partial charge on any atom is 0.0747 e. The second-order valence-corrected chi connectivity index (χ2v) is 3.69. The molecule has 64 valence electrons. The topological polar surface area (TPSA) is 23.3 Å². The van der Waals surface area contributed by atoms with E-state index in [1.54, 1.807) is 0 Å². The molecule has 1 aliphatic carbocycles. The first-order valence-electron chi connectivity index (χ1n) is 4.12. The van der Waals surface area contributed by atoms with Gasteiger partial charge in [0.25, 0.3) is 0 Å². The molecule has 1 fully saturated rings. The number of ether oxygens (including phenoxy) is 1. The molecule has 2 aliphatic rings.